The van der Waals surface area contributed by atoms with Crippen molar-refractivity contribution < 1.29 is 27.5 Å². The average molecular weight is 566 g/mol. The Hall–Kier alpha value is -4.41. The van der Waals surface area contributed by atoms with Crippen LogP contribution in [0.4, 0.5) is 13.2 Å². The second kappa shape index (κ2) is 11.6. The van der Waals surface area contributed by atoms with Gasteiger partial charge in [-0.05, 0) is 67.6 Å². The molecule has 3 heterocycles. The summed E-state index contributed by atoms with van der Waals surface area (Å²) in [6, 6.07) is 14.0. The van der Waals surface area contributed by atoms with Crippen molar-refractivity contribution in [2.24, 2.45) is 5.92 Å². The number of ether oxygens (including phenoxy) is 1. The molecule has 1 aliphatic heterocycles. The van der Waals surface area contributed by atoms with E-state index in [2.05, 4.69) is 15.2 Å². The van der Waals surface area contributed by atoms with Gasteiger partial charge in [0.1, 0.15) is 12.3 Å². The van der Waals surface area contributed by atoms with Gasteiger partial charge in [-0.3, -0.25) is 19.7 Å². The predicted molar refractivity (Wildman–Crippen MR) is 148 cm³/mol. The number of hydrogen-bond donors (Lipinski definition) is 1. The van der Waals surface area contributed by atoms with Gasteiger partial charge in [-0.15, -0.1) is 0 Å². The maximum absolute atomic E-state index is 13.5. The molecule has 1 saturated heterocycles. The van der Waals surface area contributed by atoms with E-state index in [-0.39, 0.29) is 23.9 Å². The highest BCUT2D eigenvalue weighted by molar-refractivity contribution is 6.00. The monoisotopic (exact) mass is 565 g/mol. The molecule has 1 aliphatic rings. The number of benzene rings is 2. The number of halogens is 3. The smallest absolute Gasteiger partial charge is 0.406 e. The highest BCUT2D eigenvalue weighted by Gasteiger charge is 2.36. The third-order valence-electron chi connectivity index (χ3n) is 7.55. The van der Waals surface area contributed by atoms with Crippen LogP contribution >= 0.6 is 0 Å². The summed E-state index contributed by atoms with van der Waals surface area (Å²) in [6.45, 7) is 1.15. The standard InChI is InChI=1S/C30H30F3N5O3/c1-19-24(8-10-27-25(19)16-35-36-27)29(40)38(18-30(31,32)33)17-20-11-13-37(14-12-20)28(39)22-5-3-21(4-6-22)26-9-7-23(41-2)15-34-26/h3-10,15-16,20H,11-14,17-18H2,1-2H3,(H,35,36). The van der Waals surface area contributed by atoms with Gasteiger partial charge in [0.25, 0.3) is 11.8 Å². The molecule has 0 atom stereocenters. The van der Waals surface area contributed by atoms with Gasteiger partial charge in [0.05, 0.1) is 24.5 Å². The fourth-order valence-corrected chi connectivity index (χ4v) is 5.27. The molecule has 2 aromatic carbocycles. The Morgan fingerprint density at radius 3 is 2.44 bits per heavy atom. The Bertz CT molecular complexity index is 1530. The third-order valence-corrected chi connectivity index (χ3v) is 7.55. The van der Waals surface area contributed by atoms with E-state index >= 15 is 0 Å². The first-order valence-electron chi connectivity index (χ1n) is 13.3. The second-order valence-electron chi connectivity index (χ2n) is 10.3. The number of hydrogen-bond acceptors (Lipinski definition) is 5. The summed E-state index contributed by atoms with van der Waals surface area (Å²) in [5, 5.41) is 7.50. The molecule has 11 heteroatoms. The number of H-pyrrole nitrogens is 1. The van der Waals surface area contributed by atoms with Crippen molar-refractivity contribution in [1.29, 1.82) is 0 Å². The fraction of sp³-hybridized carbons (Fsp3) is 0.333. The normalized spacial score (nSPS) is 14.3. The summed E-state index contributed by atoms with van der Waals surface area (Å²) in [6.07, 6.45) is -0.275. The molecule has 0 bridgehead atoms. The Balaban J connectivity index is 1.22. The molecule has 1 fully saturated rings. The number of methoxy groups -OCH3 is 1. The van der Waals surface area contributed by atoms with Gasteiger partial charge in [0, 0.05) is 47.9 Å². The molecular formula is C30H30F3N5O3. The number of aromatic nitrogens is 3. The van der Waals surface area contributed by atoms with Crippen LogP contribution in [0.1, 0.15) is 39.1 Å². The molecule has 0 aliphatic carbocycles. The third kappa shape index (κ3) is 6.34. The molecule has 0 unspecified atom stereocenters. The number of pyridine rings is 1. The molecule has 2 amide bonds. The summed E-state index contributed by atoms with van der Waals surface area (Å²) in [5.41, 5.74) is 3.60. The summed E-state index contributed by atoms with van der Waals surface area (Å²) in [7, 11) is 1.57. The number of nitrogens with zero attached hydrogens (tertiary/aromatic N) is 4. The lowest BCUT2D eigenvalue weighted by Crippen LogP contribution is -2.45. The van der Waals surface area contributed by atoms with Gasteiger partial charge < -0.3 is 14.5 Å². The second-order valence-corrected chi connectivity index (χ2v) is 10.3. The molecule has 4 aromatic rings. The zero-order valence-corrected chi connectivity index (χ0v) is 22.7. The number of aryl methyl sites for hydroxylation is 1. The molecule has 0 radical (unpaired) electrons. The van der Waals surface area contributed by atoms with Crippen molar-refractivity contribution >= 4 is 22.7 Å². The Kier molecular flexibility index (Phi) is 7.96. The number of carbonyl (C=O) groups excluding carboxylic acids is 2. The lowest BCUT2D eigenvalue weighted by molar-refractivity contribution is -0.142. The highest BCUT2D eigenvalue weighted by atomic mass is 19.4. The van der Waals surface area contributed by atoms with E-state index in [9.17, 15) is 22.8 Å². The molecule has 41 heavy (non-hydrogen) atoms. The number of carbonyl (C=O) groups is 2. The fourth-order valence-electron chi connectivity index (χ4n) is 5.27. The van der Waals surface area contributed by atoms with Crippen LogP contribution in [-0.2, 0) is 0 Å². The maximum atomic E-state index is 13.5. The lowest BCUT2D eigenvalue weighted by atomic mass is 9.94. The molecule has 214 valence electrons. The number of nitrogens with one attached hydrogen (secondary N) is 1. The van der Waals surface area contributed by atoms with Crippen LogP contribution in [0.5, 0.6) is 5.75 Å². The zero-order chi connectivity index (χ0) is 29.1. The number of amides is 2. The van der Waals surface area contributed by atoms with E-state index in [1.54, 1.807) is 49.5 Å². The van der Waals surface area contributed by atoms with Gasteiger partial charge in [0.15, 0.2) is 0 Å². The summed E-state index contributed by atoms with van der Waals surface area (Å²) >= 11 is 0. The van der Waals surface area contributed by atoms with Crippen LogP contribution in [0, 0.1) is 12.8 Å². The zero-order valence-electron chi connectivity index (χ0n) is 22.7. The van der Waals surface area contributed by atoms with E-state index in [4.69, 9.17) is 4.74 Å². The number of alkyl halides is 3. The van der Waals surface area contributed by atoms with Gasteiger partial charge in [-0.25, -0.2) is 0 Å². The highest BCUT2D eigenvalue weighted by Crippen LogP contribution is 2.27. The van der Waals surface area contributed by atoms with Crippen LogP contribution in [0.15, 0.2) is 60.9 Å². The van der Waals surface area contributed by atoms with Gasteiger partial charge in [0.2, 0.25) is 0 Å². The van der Waals surface area contributed by atoms with Crippen molar-refractivity contribution in [2.45, 2.75) is 25.9 Å². The topological polar surface area (TPSA) is 91.4 Å². The first-order chi connectivity index (χ1) is 19.6. The van der Waals surface area contributed by atoms with Crippen LogP contribution in [0.2, 0.25) is 0 Å². The van der Waals surface area contributed by atoms with Crippen LogP contribution < -0.4 is 4.74 Å². The SMILES string of the molecule is COc1ccc(-c2ccc(C(=O)N3CCC(CN(CC(F)(F)F)C(=O)c4ccc5n[nH]cc5c4C)CC3)cc2)nc1. The van der Waals surface area contributed by atoms with Crippen LogP contribution in [0.3, 0.4) is 0 Å². The van der Waals surface area contributed by atoms with Gasteiger partial charge >= 0.3 is 6.18 Å². The largest absolute Gasteiger partial charge is 0.495 e. The summed E-state index contributed by atoms with van der Waals surface area (Å²) < 4.78 is 45.6. The van der Waals surface area contributed by atoms with E-state index in [1.807, 2.05) is 24.3 Å². The van der Waals surface area contributed by atoms with E-state index in [1.165, 1.54) is 6.07 Å². The molecular weight excluding hydrogens is 535 g/mol. The Labute approximate surface area is 235 Å². The molecule has 1 N–H and O–H groups in total. The first kappa shape index (κ1) is 28.1. The van der Waals surface area contributed by atoms with Crippen molar-refractivity contribution in [1.82, 2.24) is 25.0 Å². The molecule has 2 aromatic heterocycles. The molecule has 0 saturated carbocycles. The van der Waals surface area contributed by atoms with Crippen molar-refractivity contribution in [3.63, 3.8) is 0 Å². The van der Waals surface area contributed by atoms with E-state index < -0.39 is 18.6 Å². The minimum Gasteiger partial charge on any atom is -0.495 e. The predicted octanol–water partition coefficient (Wildman–Crippen LogP) is 5.50. The lowest BCUT2D eigenvalue weighted by Gasteiger charge is -2.35. The average Bonchev–Trinajstić information content (AvgIpc) is 3.46. The van der Waals surface area contributed by atoms with Crippen molar-refractivity contribution in [3.05, 3.63) is 77.6 Å². The summed E-state index contributed by atoms with van der Waals surface area (Å²) in [5.74, 6) is -0.301. The van der Waals surface area contributed by atoms with Gasteiger partial charge in [-0.2, -0.15) is 18.3 Å². The Morgan fingerprint density at radius 2 is 1.80 bits per heavy atom. The van der Waals surface area contributed by atoms with Crippen molar-refractivity contribution in [3.8, 4) is 17.0 Å². The first-order valence-corrected chi connectivity index (χ1v) is 13.3. The molecule has 8 nitrogen and oxygen atoms in total. The molecule has 0 spiro atoms. The number of piperidine rings is 1. The maximum Gasteiger partial charge on any atom is 0.406 e. The van der Waals surface area contributed by atoms with Crippen LogP contribution in [0.25, 0.3) is 22.2 Å². The number of aromatic amines is 1. The van der Waals surface area contributed by atoms with E-state index in [0.29, 0.717) is 53.7 Å². The number of likely N-dealkylation sites (tertiary alicyclic amines) is 1. The quantitative estimate of drug-likeness (QED) is 0.320. The summed E-state index contributed by atoms with van der Waals surface area (Å²) in [4.78, 5) is 33.4. The number of fused-ring (bicyclic) bond motifs is 1. The van der Waals surface area contributed by atoms with E-state index in [0.717, 1.165) is 16.2 Å². The van der Waals surface area contributed by atoms with Crippen LogP contribution in [-0.4, -0.2) is 76.3 Å². The van der Waals surface area contributed by atoms with Crippen molar-refractivity contribution in [2.75, 3.05) is 33.3 Å². The minimum absolute atomic E-state index is 0.0349. The van der Waals surface area contributed by atoms with Gasteiger partial charge in [-0.1, -0.05) is 12.1 Å². The Morgan fingerprint density at radius 1 is 1.07 bits per heavy atom. The minimum atomic E-state index is -4.53. The number of rotatable bonds is 7. The molecule has 5 rings (SSSR count).